The minimum absolute atomic E-state index is 0.0745. The predicted octanol–water partition coefficient (Wildman–Crippen LogP) is 6.15. The topological polar surface area (TPSA) is 98.5 Å². The van der Waals surface area contributed by atoms with Crippen molar-refractivity contribution in [1.82, 2.24) is 5.32 Å². The van der Waals surface area contributed by atoms with Crippen LogP contribution in [0.1, 0.15) is 76.7 Å². The van der Waals surface area contributed by atoms with Crippen LogP contribution in [0.2, 0.25) is 0 Å². The molecule has 0 saturated carbocycles. The highest BCUT2D eigenvalue weighted by atomic mass is 16.6. The molecule has 0 radical (unpaired) electrons. The van der Waals surface area contributed by atoms with Crippen LogP contribution in [0.15, 0.2) is 54.6 Å². The number of nitro groups is 1. The Bertz CT molecular complexity index is 901. The molecule has 7 heteroatoms. The highest BCUT2D eigenvalue weighted by molar-refractivity contribution is 5.85. The molecule has 0 aliphatic heterocycles. The summed E-state index contributed by atoms with van der Waals surface area (Å²) in [6.45, 7) is 2.21. The lowest BCUT2D eigenvalue weighted by Crippen LogP contribution is -2.44. The molecule has 0 heterocycles. The molecular formula is C27H36N2O5. The summed E-state index contributed by atoms with van der Waals surface area (Å²) in [7, 11) is 0. The van der Waals surface area contributed by atoms with Crippen molar-refractivity contribution >= 4 is 17.6 Å². The predicted molar refractivity (Wildman–Crippen MR) is 133 cm³/mol. The number of non-ortho nitro benzene ring substituents is 1. The fourth-order valence-electron chi connectivity index (χ4n) is 3.75. The molecule has 0 aliphatic rings. The molecule has 2 rings (SSSR count). The second-order valence-electron chi connectivity index (χ2n) is 8.56. The number of amides is 1. The van der Waals surface area contributed by atoms with E-state index in [1.165, 1.54) is 62.8 Å². The Morgan fingerprint density at radius 2 is 1.56 bits per heavy atom. The lowest BCUT2D eigenvalue weighted by Gasteiger charge is -2.18. The second kappa shape index (κ2) is 15.6. The van der Waals surface area contributed by atoms with E-state index in [1.807, 2.05) is 30.3 Å². The molecule has 0 spiro atoms. The number of carbonyl (C=O) groups excluding carboxylic acids is 2. The molecule has 0 unspecified atom stereocenters. The maximum atomic E-state index is 12.9. The molecule has 34 heavy (non-hydrogen) atoms. The van der Waals surface area contributed by atoms with E-state index < -0.39 is 16.9 Å². The number of rotatable bonds is 16. The zero-order valence-electron chi connectivity index (χ0n) is 20.0. The Hall–Kier alpha value is -3.22. The van der Waals surface area contributed by atoms with E-state index in [2.05, 4.69) is 12.2 Å². The van der Waals surface area contributed by atoms with Gasteiger partial charge in [-0.2, -0.15) is 0 Å². The number of unbranched alkanes of at least 4 members (excludes halogenated alkanes) is 8. The van der Waals surface area contributed by atoms with Crippen LogP contribution >= 0.6 is 0 Å². The number of hydrogen-bond donors (Lipinski definition) is 1. The van der Waals surface area contributed by atoms with Crippen LogP contribution in [0.3, 0.4) is 0 Å². The second-order valence-corrected chi connectivity index (χ2v) is 8.56. The Morgan fingerprint density at radius 1 is 0.912 bits per heavy atom. The molecule has 184 valence electrons. The summed E-state index contributed by atoms with van der Waals surface area (Å²) in [5.41, 5.74) is 0.714. The van der Waals surface area contributed by atoms with Crippen LogP contribution in [-0.2, 0) is 16.0 Å². The van der Waals surface area contributed by atoms with Gasteiger partial charge < -0.3 is 10.1 Å². The van der Waals surface area contributed by atoms with E-state index in [0.717, 1.165) is 24.8 Å². The number of nitrogens with one attached hydrogen (secondary N) is 1. The smallest absolute Gasteiger partial charge is 0.334 e. The molecule has 1 N–H and O–H groups in total. The third-order valence-electron chi connectivity index (χ3n) is 5.66. The maximum Gasteiger partial charge on any atom is 0.334 e. The number of benzene rings is 2. The highest BCUT2D eigenvalue weighted by Gasteiger charge is 2.24. The van der Waals surface area contributed by atoms with Crippen molar-refractivity contribution in [2.75, 3.05) is 0 Å². The average Bonchev–Trinajstić information content (AvgIpc) is 2.83. The number of carbonyl (C=O) groups is 2. The SMILES string of the molecule is CCCCCCCCCCCC(=O)N[C@H](Cc1ccccc1)C(=O)Oc1cccc([N+](=O)[O-])c1. The van der Waals surface area contributed by atoms with E-state index in [0.29, 0.717) is 6.42 Å². The summed E-state index contributed by atoms with van der Waals surface area (Å²) in [6.07, 6.45) is 11.1. The zero-order chi connectivity index (χ0) is 24.6. The van der Waals surface area contributed by atoms with Crippen molar-refractivity contribution < 1.29 is 19.2 Å². The van der Waals surface area contributed by atoms with Crippen LogP contribution in [0.5, 0.6) is 5.75 Å². The fourth-order valence-corrected chi connectivity index (χ4v) is 3.75. The van der Waals surface area contributed by atoms with E-state index >= 15 is 0 Å². The van der Waals surface area contributed by atoms with Crippen LogP contribution in [0.25, 0.3) is 0 Å². The Balaban J connectivity index is 1.86. The van der Waals surface area contributed by atoms with Gasteiger partial charge in [-0.3, -0.25) is 14.9 Å². The first kappa shape index (κ1) is 27.0. The summed E-state index contributed by atoms with van der Waals surface area (Å²) in [6, 6.07) is 13.9. The van der Waals surface area contributed by atoms with Gasteiger partial charge in [0.2, 0.25) is 5.91 Å². The fraction of sp³-hybridized carbons (Fsp3) is 0.481. The van der Waals surface area contributed by atoms with Crippen LogP contribution in [0.4, 0.5) is 5.69 Å². The quantitative estimate of drug-likeness (QED) is 0.105. The molecule has 0 saturated heterocycles. The van der Waals surface area contributed by atoms with Crippen molar-refractivity contribution in [3.63, 3.8) is 0 Å². The highest BCUT2D eigenvalue weighted by Crippen LogP contribution is 2.20. The summed E-state index contributed by atoms with van der Waals surface area (Å²) < 4.78 is 5.38. The van der Waals surface area contributed by atoms with Crippen molar-refractivity contribution in [2.45, 2.75) is 83.6 Å². The monoisotopic (exact) mass is 468 g/mol. The van der Waals surface area contributed by atoms with Crippen molar-refractivity contribution in [3.8, 4) is 5.75 Å². The molecule has 0 fully saturated rings. The van der Waals surface area contributed by atoms with Crippen LogP contribution < -0.4 is 10.1 Å². The van der Waals surface area contributed by atoms with E-state index in [4.69, 9.17) is 4.74 Å². The number of esters is 1. The third-order valence-corrected chi connectivity index (χ3v) is 5.66. The van der Waals surface area contributed by atoms with Crippen molar-refractivity contribution in [1.29, 1.82) is 0 Å². The minimum Gasteiger partial charge on any atom is -0.425 e. The first-order chi connectivity index (χ1) is 16.5. The van der Waals surface area contributed by atoms with Gasteiger partial charge in [0.25, 0.3) is 5.69 Å². The van der Waals surface area contributed by atoms with E-state index in [1.54, 1.807) is 0 Å². The summed E-state index contributed by atoms with van der Waals surface area (Å²) >= 11 is 0. The largest absolute Gasteiger partial charge is 0.425 e. The Morgan fingerprint density at radius 3 is 2.21 bits per heavy atom. The molecule has 0 aliphatic carbocycles. The first-order valence-corrected chi connectivity index (χ1v) is 12.3. The zero-order valence-corrected chi connectivity index (χ0v) is 20.0. The van der Waals surface area contributed by atoms with E-state index in [9.17, 15) is 19.7 Å². The molecule has 0 aromatic heterocycles. The van der Waals surface area contributed by atoms with Gasteiger partial charge in [0.15, 0.2) is 0 Å². The number of ether oxygens (including phenoxy) is 1. The number of nitro benzene ring substituents is 1. The van der Waals surface area contributed by atoms with Gasteiger partial charge in [-0.05, 0) is 18.1 Å². The Kier molecular flexibility index (Phi) is 12.4. The molecule has 2 aromatic rings. The summed E-state index contributed by atoms with van der Waals surface area (Å²) in [5, 5.41) is 13.8. The van der Waals surface area contributed by atoms with Crippen molar-refractivity contribution in [3.05, 3.63) is 70.3 Å². The van der Waals surface area contributed by atoms with E-state index in [-0.39, 0.29) is 23.8 Å². The molecule has 2 aromatic carbocycles. The van der Waals surface area contributed by atoms with Gasteiger partial charge in [0.1, 0.15) is 11.8 Å². The molecule has 1 atom stereocenters. The lowest BCUT2D eigenvalue weighted by atomic mass is 10.0. The van der Waals surface area contributed by atoms with Crippen LogP contribution in [-0.4, -0.2) is 22.8 Å². The van der Waals surface area contributed by atoms with Gasteiger partial charge >= 0.3 is 5.97 Å². The van der Waals surface area contributed by atoms with Crippen molar-refractivity contribution in [2.24, 2.45) is 0 Å². The standard InChI is InChI=1S/C27H36N2O5/c1-2-3-4-5-6-7-8-9-13-19-26(30)28-25(20-22-15-11-10-12-16-22)27(31)34-24-18-14-17-23(21-24)29(32)33/h10-12,14-18,21,25H,2-9,13,19-20H2,1H3,(H,28,30)/t25-/m1/s1. The normalized spacial score (nSPS) is 11.6. The Labute approximate surface area is 202 Å². The summed E-state index contributed by atoms with van der Waals surface area (Å²) in [5.74, 6) is -0.768. The molecule has 0 bridgehead atoms. The van der Waals surface area contributed by atoms with Gasteiger partial charge in [0, 0.05) is 18.9 Å². The summed E-state index contributed by atoms with van der Waals surface area (Å²) in [4.78, 5) is 35.8. The lowest BCUT2D eigenvalue weighted by molar-refractivity contribution is -0.384. The van der Waals surface area contributed by atoms with Gasteiger partial charge in [0.05, 0.1) is 11.0 Å². The number of hydrogen-bond acceptors (Lipinski definition) is 5. The molecule has 7 nitrogen and oxygen atoms in total. The third kappa shape index (κ3) is 10.6. The van der Waals surface area contributed by atoms with Gasteiger partial charge in [-0.1, -0.05) is 94.7 Å². The maximum absolute atomic E-state index is 12.9. The average molecular weight is 469 g/mol. The van der Waals surface area contributed by atoms with Gasteiger partial charge in [-0.15, -0.1) is 0 Å². The molecular weight excluding hydrogens is 432 g/mol. The first-order valence-electron chi connectivity index (χ1n) is 12.3. The molecule has 1 amide bonds. The van der Waals surface area contributed by atoms with Gasteiger partial charge in [-0.25, -0.2) is 4.79 Å². The number of nitrogens with zero attached hydrogens (tertiary/aromatic N) is 1. The minimum atomic E-state index is -0.882. The van der Waals surface area contributed by atoms with Crippen LogP contribution in [0, 0.1) is 10.1 Å².